The van der Waals surface area contributed by atoms with Crippen LogP contribution in [0.2, 0.25) is 0 Å². The molecule has 1 aromatic carbocycles. The molecule has 2 fully saturated rings. The van der Waals surface area contributed by atoms with Gasteiger partial charge in [-0.25, -0.2) is 16.8 Å². The summed E-state index contributed by atoms with van der Waals surface area (Å²) in [4.78, 5) is 4.25. The molecule has 0 bridgehead atoms. The van der Waals surface area contributed by atoms with Crippen LogP contribution in [0.4, 0.5) is 5.69 Å². The highest BCUT2D eigenvalue weighted by atomic mass is 32.2. The molecule has 0 spiro atoms. The summed E-state index contributed by atoms with van der Waals surface area (Å²) in [7, 11) is -6.53. The Hall–Kier alpha value is -1.66. The fraction of sp³-hybridized carbons (Fsp3) is 0.474. The predicted molar refractivity (Wildman–Crippen MR) is 117 cm³/mol. The largest absolute Gasteiger partial charge is 0.508 e. The first-order valence-electron chi connectivity index (χ1n) is 9.77. The van der Waals surface area contributed by atoms with Crippen LogP contribution in [-0.4, -0.2) is 88.0 Å². The fourth-order valence-electron chi connectivity index (χ4n) is 3.95. The molecule has 1 aromatic heterocycles. The van der Waals surface area contributed by atoms with Gasteiger partial charge in [-0.3, -0.25) is 4.90 Å². The van der Waals surface area contributed by atoms with Crippen molar-refractivity contribution < 1.29 is 21.9 Å². The summed E-state index contributed by atoms with van der Waals surface area (Å²) in [6.07, 6.45) is 0. The van der Waals surface area contributed by atoms with Gasteiger partial charge in [-0.15, -0.1) is 11.3 Å². The molecule has 0 amide bonds. The summed E-state index contributed by atoms with van der Waals surface area (Å²) in [5.74, 6) is 0.446. The van der Waals surface area contributed by atoms with Crippen molar-refractivity contribution in [3.8, 4) is 5.75 Å². The van der Waals surface area contributed by atoms with Crippen molar-refractivity contribution >= 4 is 36.9 Å². The molecule has 2 aliphatic heterocycles. The van der Waals surface area contributed by atoms with Crippen LogP contribution in [0.3, 0.4) is 0 Å². The van der Waals surface area contributed by atoms with Crippen molar-refractivity contribution in [1.82, 2.24) is 9.21 Å². The van der Waals surface area contributed by atoms with Gasteiger partial charge < -0.3 is 10.0 Å². The Morgan fingerprint density at radius 2 is 1.73 bits per heavy atom. The van der Waals surface area contributed by atoms with E-state index in [0.717, 1.165) is 5.69 Å². The monoisotopic (exact) mass is 471 g/mol. The minimum Gasteiger partial charge on any atom is -0.508 e. The Morgan fingerprint density at radius 3 is 2.37 bits per heavy atom. The van der Waals surface area contributed by atoms with Crippen LogP contribution in [0.1, 0.15) is 0 Å². The molecule has 0 radical (unpaired) electrons. The molecule has 2 aliphatic rings. The van der Waals surface area contributed by atoms with Gasteiger partial charge in [0, 0.05) is 45.0 Å². The number of aromatic hydroxyl groups is 1. The third kappa shape index (κ3) is 4.65. The van der Waals surface area contributed by atoms with Crippen molar-refractivity contribution in [1.29, 1.82) is 0 Å². The molecule has 1 atom stereocenters. The topological polar surface area (TPSA) is 98.2 Å². The van der Waals surface area contributed by atoms with E-state index >= 15 is 0 Å². The number of phenolic OH excluding ortho intramolecular Hbond substituents is 1. The van der Waals surface area contributed by atoms with Gasteiger partial charge in [-0.2, -0.15) is 4.31 Å². The number of piperazine rings is 1. The molecule has 11 heteroatoms. The quantitative estimate of drug-likeness (QED) is 0.696. The van der Waals surface area contributed by atoms with Gasteiger partial charge in [-0.05, 0) is 35.7 Å². The summed E-state index contributed by atoms with van der Waals surface area (Å²) in [5.41, 5.74) is 0.913. The number of sulfonamides is 1. The average Bonchev–Trinajstić information content (AvgIpc) is 3.26. The number of thiophene rings is 1. The van der Waals surface area contributed by atoms with Gasteiger partial charge in [0.2, 0.25) is 0 Å². The van der Waals surface area contributed by atoms with Crippen molar-refractivity contribution in [2.24, 2.45) is 0 Å². The summed E-state index contributed by atoms with van der Waals surface area (Å²) in [5, 5.41) is 11.4. The molecule has 0 aliphatic carbocycles. The van der Waals surface area contributed by atoms with Crippen molar-refractivity contribution in [3.63, 3.8) is 0 Å². The highest BCUT2D eigenvalue weighted by Gasteiger charge is 2.36. The van der Waals surface area contributed by atoms with E-state index in [-0.39, 0.29) is 23.3 Å². The SMILES string of the molecule is O=S1(=O)CCN(C[C@H]2CN(S(=O)(=O)c3cccs3)CCN2c2ccc(O)cc2)CC1. The predicted octanol–water partition coefficient (Wildman–Crippen LogP) is 1.06. The van der Waals surface area contributed by atoms with Crippen LogP contribution in [0, 0.1) is 0 Å². The zero-order valence-electron chi connectivity index (χ0n) is 16.4. The lowest BCUT2D eigenvalue weighted by molar-refractivity contribution is 0.234. The highest BCUT2D eigenvalue weighted by Crippen LogP contribution is 2.28. The first-order chi connectivity index (χ1) is 14.2. The summed E-state index contributed by atoms with van der Waals surface area (Å²) in [6.45, 7) is 2.70. The molecule has 3 heterocycles. The molecule has 2 aromatic rings. The van der Waals surface area contributed by atoms with E-state index in [1.54, 1.807) is 29.6 Å². The van der Waals surface area contributed by atoms with Crippen LogP contribution in [0.15, 0.2) is 46.0 Å². The van der Waals surface area contributed by atoms with Crippen LogP contribution < -0.4 is 4.90 Å². The van der Waals surface area contributed by atoms with Gasteiger partial charge in [0.25, 0.3) is 10.0 Å². The molecule has 164 valence electrons. The Bertz CT molecular complexity index is 1060. The fourth-order valence-corrected chi connectivity index (χ4v) is 7.84. The molecule has 30 heavy (non-hydrogen) atoms. The normalized spacial score (nSPS) is 23.5. The first-order valence-corrected chi connectivity index (χ1v) is 13.9. The Kier molecular flexibility index (Phi) is 6.08. The third-order valence-electron chi connectivity index (χ3n) is 5.62. The second-order valence-electron chi connectivity index (χ2n) is 7.61. The number of rotatable bonds is 5. The standard InChI is InChI=1S/C19H25N3O5S3/c23-18-5-3-16(4-6-18)22-8-7-21(30(26,27)19-2-1-11-28-19)15-17(22)14-20-9-12-29(24,25)13-10-20/h1-6,11,17,23H,7-10,12-15H2/t17-/m0/s1. The lowest BCUT2D eigenvalue weighted by Gasteiger charge is -2.44. The zero-order valence-corrected chi connectivity index (χ0v) is 18.9. The van der Waals surface area contributed by atoms with E-state index in [9.17, 15) is 21.9 Å². The number of sulfone groups is 1. The maximum Gasteiger partial charge on any atom is 0.252 e. The van der Waals surface area contributed by atoms with Crippen LogP contribution in [0.25, 0.3) is 0 Å². The maximum absolute atomic E-state index is 13.1. The number of anilines is 1. The van der Waals surface area contributed by atoms with Crippen LogP contribution >= 0.6 is 11.3 Å². The van der Waals surface area contributed by atoms with Crippen LogP contribution in [-0.2, 0) is 19.9 Å². The summed E-state index contributed by atoms with van der Waals surface area (Å²) < 4.78 is 51.5. The van der Waals surface area contributed by atoms with E-state index in [0.29, 0.717) is 43.5 Å². The number of benzene rings is 1. The average molecular weight is 472 g/mol. The molecule has 8 nitrogen and oxygen atoms in total. The maximum atomic E-state index is 13.1. The number of hydrogen-bond donors (Lipinski definition) is 1. The Morgan fingerprint density at radius 1 is 1.03 bits per heavy atom. The van der Waals surface area contributed by atoms with Gasteiger partial charge in [-0.1, -0.05) is 6.07 Å². The van der Waals surface area contributed by atoms with Crippen molar-refractivity contribution in [2.45, 2.75) is 10.3 Å². The molecular formula is C19H25N3O5S3. The summed E-state index contributed by atoms with van der Waals surface area (Å²) in [6, 6.07) is 10.1. The van der Waals surface area contributed by atoms with E-state index in [1.807, 2.05) is 12.1 Å². The minimum atomic E-state index is -3.55. The highest BCUT2D eigenvalue weighted by molar-refractivity contribution is 7.91. The lowest BCUT2D eigenvalue weighted by atomic mass is 10.1. The number of hydrogen-bond acceptors (Lipinski definition) is 8. The molecule has 4 rings (SSSR count). The van der Waals surface area contributed by atoms with Gasteiger partial charge in [0.05, 0.1) is 17.5 Å². The Labute approximate surface area is 181 Å². The van der Waals surface area contributed by atoms with E-state index < -0.39 is 19.9 Å². The third-order valence-corrected chi connectivity index (χ3v) is 10.5. The second-order valence-corrected chi connectivity index (χ2v) is 13.0. The van der Waals surface area contributed by atoms with E-state index in [2.05, 4.69) is 9.80 Å². The van der Waals surface area contributed by atoms with E-state index in [4.69, 9.17) is 0 Å². The molecule has 0 saturated carbocycles. The molecule has 1 N–H and O–H groups in total. The first kappa shape index (κ1) is 21.6. The van der Waals surface area contributed by atoms with Gasteiger partial charge in [0.15, 0.2) is 9.84 Å². The number of nitrogens with zero attached hydrogens (tertiary/aromatic N) is 3. The second kappa shape index (κ2) is 8.46. The van der Waals surface area contributed by atoms with Gasteiger partial charge in [0.1, 0.15) is 9.96 Å². The smallest absolute Gasteiger partial charge is 0.252 e. The van der Waals surface area contributed by atoms with Crippen LogP contribution in [0.5, 0.6) is 5.75 Å². The summed E-state index contributed by atoms with van der Waals surface area (Å²) >= 11 is 1.21. The van der Waals surface area contributed by atoms with Crippen molar-refractivity contribution in [3.05, 3.63) is 41.8 Å². The Balaban J connectivity index is 1.56. The number of phenols is 1. The molecule has 2 saturated heterocycles. The molecular weight excluding hydrogens is 446 g/mol. The lowest BCUT2D eigenvalue weighted by Crippen LogP contribution is -2.59. The van der Waals surface area contributed by atoms with Crippen molar-refractivity contribution in [2.75, 3.05) is 55.7 Å². The van der Waals surface area contributed by atoms with Gasteiger partial charge >= 0.3 is 0 Å². The minimum absolute atomic E-state index is 0.126. The molecule has 0 unspecified atom stereocenters. The zero-order chi connectivity index (χ0) is 21.4. The van der Waals surface area contributed by atoms with E-state index in [1.165, 1.54) is 15.6 Å².